The number of methoxy groups -OCH3 is 1. The molecule has 1 atom stereocenters. The van der Waals surface area contributed by atoms with Crippen LogP contribution in [0.1, 0.15) is 30.1 Å². The maximum atomic E-state index is 14.1. The molecule has 0 spiro atoms. The van der Waals surface area contributed by atoms with Crippen LogP contribution in [0.4, 0.5) is 4.39 Å². The zero-order chi connectivity index (χ0) is 20.3. The van der Waals surface area contributed by atoms with Crippen molar-refractivity contribution in [2.45, 2.75) is 38.5 Å². The number of carbonyl (C=O) groups excluding carboxylic acids is 1. The summed E-state index contributed by atoms with van der Waals surface area (Å²) in [5.41, 5.74) is -1.19. The lowest BCUT2D eigenvalue weighted by Crippen LogP contribution is -2.57. The molecule has 1 aromatic heterocycles. The summed E-state index contributed by atoms with van der Waals surface area (Å²) in [6.45, 7) is 2.70. The molecule has 2 aromatic rings. The number of hydrogen-bond donors (Lipinski definition) is 1. The highest BCUT2D eigenvalue weighted by molar-refractivity contribution is 5.86. The first-order chi connectivity index (χ1) is 13.3. The fourth-order valence-corrected chi connectivity index (χ4v) is 3.51. The van der Waals surface area contributed by atoms with E-state index in [1.165, 1.54) is 24.1 Å². The molecule has 1 aromatic carbocycles. The number of carbonyl (C=O) groups is 1. The summed E-state index contributed by atoms with van der Waals surface area (Å²) in [5.74, 6) is 0.649. The fourth-order valence-electron chi connectivity index (χ4n) is 3.51. The molecule has 0 unspecified atom stereocenters. The van der Waals surface area contributed by atoms with Gasteiger partial charge in [0.2, 0.25) is 5.89 Å². The minimum Gasteiger partial charge on any atom is -0.497 e. The lowest BCUT2D eigenvalue weighted by molar-refractivity contribution is -0.160. The number of piperidine rings is 1. The Balaban J connectivity index is 1.68. The molecular formula is C19H25FN4O4. The molecule has 1 aliphatic heterocycles. The van der Waals surface area contributed by atoms with Crippen LogP contribution in [0.2, 0.25) is 0 Å². The van der Waals surface area contributed by atoms with E-state index < -0.39 is 17.3 Å². The van der Waals surface area contributed by atoms with Crippen LogP contribution < -0.4 is 4.74 Å². The third kappa shape index (κ3) is 4.48. The van der Waals surface area contributed by atoms with E-state index >= 15 is 0 Å². The smallest absolute Gasteiger partial charge is 0.256 e. The summed E-state index contributed by atoms with van der Waals surface area (Å²) in [6, 6.07) is 4.41. The number of halogens is 1. The molecule has 0 bridgehead atoms. The molecule has 1 amide bonds. The Bertz CT molecular complexity index is 843. The second-order valence-electron chi connectivity index (χ2n) is 7.23. The number of amides is 1. The Morgan fingerprint density at radius 3 is 2.93 bits per heavy atom. The van der Waals surface area contributed by atoms with Crippen LogP contribution in [0.25, 0.3) is 0 Å². The van der Waals surface area contributed by atoms with Crippen molar-refractivity contribution in [3.05, 3.63) is 41.3 Å². The van der Waals surface area contributed by atoms with Crippen molar-refractivity contribution >= 4 is 5.91 Å². The molecule has 2 heterocycles. The first kappa shape index (κ1) is 20.2. The van der Waals surface area contributed by atoms with Gasteiger partial charge in [0.15, 0.2) is 11.4 Å². The summed E-state index contributed by atoms with van der Waals surface area (Å²) >= 11 is 0. The predicted octanol–water partition coefficient (Wildman–Crippen LogP) is 1.51. The van der Waals surface area contributed by atoms with E-state index in [1.54, 1.807) is 24.9 Å². The van der Waals surface area contributed by atoms with Gasteiger partial charge < -0.3 is 19.3 Å². The summed E-state index contributed by atoms with van der Waals surface area (Å²) in [5, 5.41) is 14.7. The second-order valence-corrected chi connectivity index (χ2v) is 7.23. The molecule has 0 radical (unpaired) electrons. The molecule has 0 saturated carbocycles. The van der Waals surface area contributed by atoms with Gasteiger partial charge in [0.05, 0.1) is 13.7 Å². The van der Waals surface area contributed by atoms with Gasteiger partial charge in [0.1, 0.15) is 11.6 Å². The Kier molecular flexibility index (Phi) is 5.95. The van der Waals surface area contributed by atoms with Crippen LogP contribution in [0.15, 0.2) is 22.7 Å². The third-order valence-electron chi connectivity index (χ3n) is 4.82. The SMILES string of the molecule is COc1ccc(F)c(CN2CCC[C@](O)(CN(C)Cc3nc(C)no3)C2=O)c1. The number of aromatic nitrogens is 2. The zero-order valence-electron chi connectivity index (χ0n) is 16.3. The Hall–Kier alpha value is -2.52. The number of nitrogens with zero attached hydrogens (tertiary/aromatic N) is 4. The normalized spacial score (nSPS) is 20.1. The standard InChI is InChI=1S/C19H25FN4O4/c1-13-21-17(28-22-13)11-23(2)12-19(26)7-4-8-24(18(19)25)10-14-9-15(27-3)5-6-16(14)20/h5-6,9,26H,4,7-8,10-12H2,1-3H3/t19-/m0/s1. The lowest BCUT2D eigenvalue weighted by atomic mass is 9.90. The molecule has 9 heteroatoms. The monoisotopic (exact) mass is 392 g/mol. The van der Waals surface area contributed by atoms with Crippen molar-refractivity contribution in [2.75, 3.05) is 27.2 Å². The molecule has 3 rings (SSSR count). The maximum absolute atomic E-state index is 14.1. The summed E-state index contributed by atoms with van der Waals surface area (Å²) in [6.07, 6.45) is 0.970. The number of benzene rings is 1. The van der Waals surface area contributed by atoms with Gasteiger partial charge in [-0.3, -0.25) is 9.69 Å². The van der Waals surface area contributed by atoms with Crippen molar-refractivity contribution in [3.63, 3.8) is 0 Å². The molecular weight excluding hydrogens is 367 g/mol. The maximum Gasteiger partial charge on any atom is 0.256 e. The topological polar surface area (TPSA) is 91.9 Å². The highest BCUT2D eigenvalue weighted by atomic mass is 19.1. The summed E-state index contributed by atoms with van der Waals surface area (Å²) in [7, 11) is 3.27. The summed E-state index contributed by atoms with van der Waals surface area (Å²) in [4.78, 5) is 20.3. The number of aryl methyl sites for hydroxylation is 1. The van der Waals surface area contributed by atoms with E-state index in [2.05, 4.69) is 10.1 Å². The van der Waals surface area contributed by atoms with E-state index in [0.29, 0.717) is 49.0 Å². The molecule has 0 aliphatic carbocycles. The van der Waals surface area contributed by atoms with Gasteiger partial charge >= 0.3 is 0 Å². The van der Waals surface area contributed by atoms with E-state index in [0.717, 1.165) is 0 Å². The minimum atomic E-state index is -1.54. The predicted molar refractivity (Wildman–Crippen MR) is 97.9 cm³/mol. The van der Waals surface area contributed by atoms with Gasteiger partial charge in [-0.1, -0.05) is 5.16 Å². The fraction of sp³-hybridized carbons (Fsp3) is 0.526. The van der Waals surface area contributed by atoms with Gasteiger partial charge in [-0.2, -0.15) is 4.98 Å². The van der Waals surface area contributed by atoms with E-state index in [9.17, 15) is 14.3 Å². The first-order valence-electron chi connectivity index (χ1n) is 9.12. The van der Waals surface area contributed by atoms with E-state index in [-0.39, 0.29) is 13.1 Å². The van der Waals surface area contributed by atoms with Crippen molar-refractivity contribution in [1.82, 2.24) is 19.9 Å². The van der Waals surface area contributed by atoms with Crippen LogP contribution in [0.5, 0.6) is 5.75 Å². The average molecular weight is 392 g/mol. The van der Waals surface area contributed by atoms with Crippen LogP contribution in [0.3, 0.4) is 0 Å². The van der Waals surface area contributed by atoms with Crippen molar-refractivity contribution in [3.8, 4) is 5.75 Å². The number of likely N-dealkylation sites (N-methyl/N-ethyl adjacent to an activating group) is 1. The Morgan fingerprint density at radius 2 is 2.25 bits per heavy atom. The van der Waals surface area contributed by atoms with Crippen molar-refractivity contribution in [1.29, 1.82) is 0 Å². The molecule has 8 nitrogen and oxygen atoms in total. The number of hydrogen-bond acceptors (Lipinski definition) is 7. The number of rotatable bonds is 7. The Labute approximate surface area is 162 Å². The highest BCUT2D eigenvalue weighted by Gasteiger charge is 2.43. The van der Waals surface area contributed by atoms with Gasteiger partial charge in [-0.15, -0.1) is 0 Å². The van der Waals surface area contributed by atoms with Crippen molar-refractivity contribution < 1.29 is 23.6 Å². The number of aliphatic hydroxyl groups is 1. The van der Waals surface area contributed by atoms with E-state index in [1.807, 2.05) is 0 Å². The number of likely N-dealkylation sites (tertiary alicyclic amines) is 1. The minimum absolute atomic E-state index is 0.0801. The van der Waals surface area contributed by atoms with E-state index in [4.69, 9.17) is 9.26 Å². The number of ether oxygens (including phenoxy) is 1. The first-order valence-corrected chi connectivity index (χ1v) is 9.12. The van der Waals surface area contributed by atoms with Crippen LogP contribution in [-0.4, -0.2) is 63.8 Å². The highest BCUT2D eigenvalue weighted by Crippen LogP contribution is 2.27. The van der Waals surface area contributed by atoms with Crippen LogP contribution in [0, 0.1) is 12.7 Å². The lowest BCUT2D eigenvalue weighted by Gasteiger charge is -2.40. The third-order valence-corrected chi connectivity index (χ3v) is 4.82. The summed E-state index contributed by atoms with van der Waals surface area (Å²) < 4.78 is 24.4. The molecule has 1 aliphatic rings. The molecule has 28 heavy (non-hydrogen) atoms. The van der Waals surface area contributed by atoms with Crippen LogP contribution in [-0.2, 0) is 17.9 Å². The average Bonchev–Trinajstić information content (AvgIpc) is 3.05. The van der Waals surface area contributed by atoms with Gasteiger partial charge in [0.25, 0.3) is 5.91 Å². The molecule has 1 fully saturated rings. The quantitative estimate of drug-likeness (QED) is 0.764. The molecule has 152 valence electrons. The van der Waals surface area contributed by atoms with Gasteiger partial charge in [-0.25, -0.2) is 4.39 Å². The zero-order valence-corrected chi connectivity index (χ0v) is 16.3. The molecule has 1 saturated heterocycles. The van der Waals surface area contributed by atoms with Crippen molar-refractivity contribution in [2.24, 2.45) is 0 Å². The van der Waals surface area contributed by atoms with Gasteiger partial charge in [0, 0.05) is 25.2 Å². The Morgan fingerprint density at radius 1 is 1.46 bits per heavy atom. The largest absolute Gasteiger partial charge is 0.497 e. The molecule has 1 N–H and O–H groups in total. The second kappa shape index (κ2) is 8.24. The van der Waals surface area contributed by atoms with Gasteiger partial charge in [-0.05, 0) is 45.0 Å². The van der Waals surface area contributed by atoms with Crippen LogP contribution >= 0.6 is 0 Å².